The van der Waals surface area contributed by atoms with E-state index in [1.807, 2.05) is 0 Å². The van der Waals surface area contributed by atoms with E-state index < -0.39 is 23.4 Å². The molecule has 2 N–H and O–H groups in total. The summed E-state index contributed by atoms with van der Waals surface area (Å²) in [5.41, 5.74) is 0.472. The minimum atomic E-state index is -0.792. The van der Waals surface area contributed by atoms with Crippen molar-refractivity contribution in [2.45, 2.75) is 52.7 Å². The fraction of sp³-hybridized carbons (Fsp3) is 0.348. The summed E-state index contributed by atoms with van der Waals surface area (Å²) in [5.74, 6) is -0.174. The third-order valence-corrected chi connectivity index (χ3v) is 3.53. The highest BCUT2D eigenvalue weighted by Crippen LogP contribution is 2.25. The van der Waals surface area contributed by atoms with Crippen molar-refractivity contribution in [3.8, 4) is 17.3 Å². The Morgan fingerprint density at radius 3 is 2.09 bits per heavy atom. The summed E-state index contributed by atoms with van der Waals surface area (Å²) >= 11 is 0. The minimum Gasteiger partial charge on any atom is -0.444 e. The molecule has 9 nitrogen and oxygen atoms in total. The van der Waals surface area contributed by atoms with Gasteiger partial charge < -0.3 is 9.47 Å². The molecule has 32 heavy (non-hydrogen) atoms. The molecular formula is C23H27N5O4. The molecule has 0 spiro atoms. The highest BCUT2D eigenvalue weighted by molar-refractivity contribution is 6.02. The van der Waals surface area contributed by atoms with Crippen LogP contribution in [0, 0.1) is 11.3 Å². The normalized spacial score (nSPS) is 11.0. The highest BCUT2D eigenvalue weighted by atomic mass is 16.6. The first-order chi connectivity index (χ1) is 14.9. The second kappa shape index (κ2) is 9.92. The number of hydrogen-bond acceptors (Lipinski definition) is 7. The maximum atomic E-state index is 12.2. The number of nitrogens with zero attached hydrogens (tertiary/aromatic N) is 3. The van der Waals surface area contributed by atoms with Gasteiger partial charge in [0.2, 0.25) is 5.96 Å². The predicted octanol–water partition coefficient (Wildman–Crippen LogP) is 4.66. The molecule has 0 bridgehead atoms. The maximum absolute atomic E-state index is 12.2. The van der Waals surface area contributed by atoms with Crippen LogP contribution in [0.15, 0.2) is 47.6 Å². The molecule has 0 radical (unpaired) electrons. The standard InChI is InChI=1S/C23H27N5O4/c1-22(2,3)31-20(29)27-19(28-21(30)32-23(4,5)6)26-17-11-7-9-15(13-17)18-16(14-24)10-8-12-25-18/h7-13H,1-6H3,(H2,26,27,28,29,30). The number of aromatic nitrogens is 1. The van der Waals surface area contributed by atoms with Gasteiger partial charge in [-0.1, -0.05) is 12.1 Å². The first-order valence-electron chi connectivity index (χ1n) is 9.90. The Morgan fingerprint density at radius 1 is 0.969 bits per heavy atom. The largest absolute Gasteiger partial charge is 0.444 e. The summed E-state index contributed by atoms with van der Waals surface area (Å²) in [6.07, 6.45) is 0.00554. The third kappa shape index (κ3) is 8.07. The van der Waals surface area contributed by atoms with Crippen molar-refractivity contribution in [2.75, 3.05) is 0 Å². The zero-order valence-electron chi connectivity index (χ0n) is 19.0. The molecule has 2 amide bonds. The molecule has 0 atom stereocenters. The number of ether oxygens (including phenoxy) is 2. The number of rotatable bonds is 2. The molecule has 0 unspecified atom stereocenters. The molecule has 1 heterocycles. The summed E-state index contributed by atoms with van der Waals surface area (Å²) in [6.45, 7) is 10.3. The van der Waals surface area contributed by atoms with Crippen LogP contribution in [0.4, 0.5) is 15.3 Å². The summed E-state index contributed by atoms with van der Waals surface area (Å²) < 4.78 is 10.5. The van der Waals surface area contributed by atoms with E-state index in [-0.39, 0.29) is 5.96 Å². The molecule has 2 aromatic rings. The Bertz CT molecular complexity index is 1030. The highest BCUT2D eigenvalue weighted by Gasteiger charge is 2.21. The number of amides is 2. The third-order valence-electron chi connectivity index (χ3n) is 3.53. The van der Waals surface area contributed by atoms with Crippen molar-refractivity contribution in [3.63, 3.8) is 0 Å². The van der Waals surface area contributed by atoms with Crippen molar-refractivity contribution in [1.82, 2.24) is 15.6 Å². The van der Waals surface area contributed by atoms with E-state index in [9.17, 15) is 14.9 Å². The number of carbonyl (C=O) groups excluding carboxylic acids is 2. The molecule has 2 rings (SSSR count). The smallest absolute Gasteiger partial charge is 0.414 e. The molecule has 0 saturated carbocycles. The number of alkyl carbamates (subject to hydrolysis) is 2. The number of pyridine rings is 1. The van der Waals surface area contributed by atoms with Crippen LogP contribution in [0.3, 0.4) is 0 Å². The van der Waals surface area contributed by atoms with Gasteiger partial charge in [0.25, 0.3) is 0 Å². The van der Waals surface area contributed by atoms with Gasteiger partial charge in [0.15, 0.2) is 0 Å². The molecule has 0 fully saturated rings. The number of nitrogens with one attached hydrogen (secondary N) is 2. The Labute approximate surface area is 187 Å². The number of benzene rings is 1. The van der Waals surface area contributed by atoms with Crippen LogP contribution in [0.2, 0.25) is 0 Å². The number of hydrogen-bond donors (Lipinski definition) is 2. The Hall–Kier alpha value is -3.93. The topological polar surface area (TPSA) is 126 Å². The quantitative estimate of drug-likeness (QED) is 0.520. The number of aliphatic imine (C=N–C) groups is 1. The maximum Gasteiger partial charge on any atom is 0.414 e. The van der Waals surface area contributed by atoms with Crippen molar-refractivity contribution >= 4 is 23.8 Å². The number of carbonyl (C=O) groups is 2. The first-order valence-corrected chi connectivity index (χ1v) is 9.90. The Morgan fingerprint density at radius 2 is 1.56 bits per heavy atom. The van der Waals surface area contributed by atoms with Crippen LogP contribution < -0.4 is 10.6 Å². The van der Waals surface area contributed by atoms with Crippen molar-refractivity contribution in [2.24, 2.45) is 4.99 Å². The second-order valence-electron chi connectivity index (χ2n) is 8.78. The van der Waals surface area contributed by atoms with Crippen molar-refractivity contribution in [3.05, 3.63) is 48.2 Å². The molecule has 1 aromatic carbocycles. The van der Waals surface area contributed by atoms with E-state index in [4.69, 9.17) is 9.47 Å². The Balaban J connectivity index is 2.37. The predicted molar refractivity (Wildman–Crippen MR) is 120 cm³/mol. The van der Waals surface area contributed by atoms with E-state index >= 15 is 0 Å². The average molecular weight is 438 g/mol. The SMILES string of the molecule is CC(C)(C)OC(=O)NC(=Nc1cccc(-c2ncccc2C#N)c1)NC(=O)OC(C)(C)C. The van der Waals surface area contributed by atoms with E-state index in [1.165, 1.54) is 0 Å². The van der Waals surface area contributed by atoms with E-state index in [0.29, 0.717) is 22.5 Å². The van der Waals surface area contributed by atoms with Gasteiger partial charge >= 0.3 is 12.2 Å². The fourth-order valence-electron chi connectivity index (χ4n) is 2.47. The first kappa shape index (κ1) is 24.3. The van der Waals surface area contributed by atoms with Crippen LogP contribution >= 0.6 is 0 Å². The van der Waals surface area contributed by atoms with Gasteiger partial charge in [-0.3, -0.25) is 15.6 Å². The monoisotopic (exact) mass is 437 g/mol. The van der Waals surface area contributed by atoms with Crippen LogP contribution in [-0.2, 0) is 9.47 Å². The van der Waals surface area contributed by atoms with E-state index in [2.05, 4.69) is 26.7 Å². The van der Waals surface area contributed by atoms with Gasteiger partial charge in [-0.05, 0) is 65.8 Å². The van der Waals surface area contributed by atoms with Gasteiger partial charge in [-0.15, -0.1) is 0 Å². The van der Waals surface area contributed by atoms with Gasteiger partial charge in [0.05, 0.1) is 16.9 Å². The summed E-state index contributed by atoms with van der Waals surface area (Å²) in [7, 11) is 0. The lowest BCUT2D eigenvalue weighted by molar-refractivity contribution is 0.0545. The lowest BCUT2D eigenvalue weighted by Gasteiger charge is -2.22. The van der Waals surface area contributed by atoms with Gasteiger partial charge in [0.1, 0.15) is 17.3 Å². The second-order valence-corrected chi connectivity index (χ2v) is 8.78. The van der Waals surface area contributed by atoms with Crippen LogP contribution in [0.1, 0.15) is 47.1 Å². The van der Waals surface area contributed by atoms with Crippen molar-refractivity contribution < 1.29 is 19.1 Å². The molecule has 0 aliphatic carbocycles. The molecule has 0 saturated heterocycles. The van der Waals surface area contributed by atoms with Crippen molar-refractivity contribution in [1.29, 1.82) is 5.26 Å². The fourth-order valence-corrected chi connectivity index (χ4v) is 2.47. The summed E-state index contributed by atoms with van der Waals surface area (Å²) in [5, 5.41) is 14.2. The number of guanidine groups is 1. The molecule has 168 valence electrons. The zero-order valence-corrected chi connectivity index (χ0v) is 19.0. The molecule has 0 aliphatic heterocycles. The molecule has 9 heteroatoms. The summed E-state index contributed by atoms with van der Waals surface area (Å²) in [6, 6.07) is 12.3. The summed E-state index contributed by atoms with van der Waals surface area (Å²) in [4.78, 5) is 33.1. The Kier molecular flexibility index (Phi) is 7.54. The molecule has 1 aromatic heterocycles. The van der Waals surface area contributed by atoms with E-state index in [0.717, 1.165) is 0 Å². The van der Waals surface area contributed by atoms with Crippen LogP contribution in [0.5, 0.6) is 0 Å². The molecule has 0 aliphatic rings. The lowest BCUT2D eigenvalue weighted by atomic mass is 10.1. The van der Waals surface area contributed by atoms with Crippen LogP contribution in [-0.4, -0.2) is 34.3 Å². The zero-order chi connectivity index (χ0) is 23.9. The van der Waals surface area contributed by atoms with Crippen LogP contribution in [0.25, 0.3) is 11.3 Å². The van der Waals surface area contributed by atoms with E-state index in [1.54, 1.807) is 84.1 Å². The minimum absolute atomic E-state index is 0.174. The number of nitriles is 1. The lowest BCUT2D eigenvalue weighted by Crippen LogP contribution is -2.47. The average Bonchev–Trinajstić information content (AvgIpc) is 2.65. The van der Waals surface area contributed by atoms with Gasteiger partial charge in [0, 0.05) is 11.8 Å². The van der Waals surface area contributed by atoms with Gasteiger partial charge in [-0.25, -0.2) is 14.6 Å². The molecular weight excluding hydrogens is 410 g/mol. The van der Waals surface area contributed by atoms with Gasteiger partial charge in [-0.2, -0.15) is 5.26 Å².